The summed E-state index contributed by atoms with van der Waals surface area (Å²) in [4.78, 5) is 0. The summed E-state index contributed by atoms with van der Waals surface area (Å²) < 4.78 is 0. The van der Waals surface area contributed by atoms with Crippen molar-refractivity contribution >= 4 is 0 Å². The monoisotopic (exact) mass is 142 g/mol. The third-order valence-electron chi connectivity index (χ3n) is 1.28. The van der Waals surface area contributed by atoms with E-state index < -0.39 is 0 Å². The number of aliphatic hydroxyl groups excluding tert-OH is 2. The molecular formula is C8H14O2. The van der Waals surface area contributed by atoms with E-state index in [9.17, 15) is 0 Å². The van der Waals surface area contributed by atoms with Gasteiger partial charge in [0.2, 0.25) is 0 Å². The van der Waals surface area contributed by atoms with E-state index in [4.69, 9.17) is 10.2 Å². The zero-order valence-corrected chi connectivity index (χ0v) is 6.03. The highest BCUT2D eigenvalue weighted by Crippen LogP contribution is 2.02. The van der Waals surface area contributed by atoms with Crippen LogP contribution in [0.25, 0.3) is 0 Å². The molecule has 0 aliphatic heterocycles. The lowest BCUT2D eigenvalue weighted by atomic mass is 10.1. The lowest BCUT2D eigenvalue weighted by molar-refractivity contribution is 0.253. The van der Waals surface area contributed by atoms with Gasteiger partial charge in [-0.1, -0.05) is 18.2 Å². The molecule has 1 atom stereocenters. The maximum absolute atomic E-state index is 8.66. The van der Waals surface area contributed by atoms with Crippen molar-refractivity contribution in [1.29, 1.82) is 0 Å². The number of hydrogen-bond donors (Lipinski definition) is 2. The number of rotatable bonds is 5. The van der Waals surface area contributed by atoms with Gasteiger partial charge in [0.05, 0.1) is 6.61 Å². The van der Waals surface area contributed by atoms with Crippen LogP contribution in [-0.2, 0) is 0 Å². The Kier molecular flexibility index (Phi) is 6.13. The largest absolute Gasteiger partial charge is 0.396 e. The van der Waals surface area contributed by atoms with Crippen LogP contribution in [0, 0.1) is 5.92 Å². The molecule has 2 nitrogen and oxygen atoms in total. The summed E-state index contributed by atoms with van der Waals surface area (Å²) >= 11 is 0. The van der Waals surface area contributed by atoms with Crippen LogP contribution in [0.5, 0.6) is 0 Å². The van der Waals surface area contributed by atoms with Gasteiger partial charge in [-0.15, -0.1) is 6.58 Å². The fourth-order valence-corrected chi connectivity index (χ4v) is 0.591. The van der Waals surface area contributed by atoms with E-state index in [0.717, 1.165) is 6.42 Å². The van der Waals surface area contributed by atoms with Gasteiger partial charge < -0.3 is 10.2 Å². The molecule has 0 spiro atoms. The SMILES string of the molecule is C=CC(CO)C/C=C\CO. The standard InChI is InChI=1S/C8H14O2/c1-2-8(7-10)5-3-4-6-9/h2-4,8-10H,1,5-7H2/b4-3-. The molecule has 0 aromatic rings. The van der Waals surface area contributed by atoms with Crippen molar-refractivity contribution in [3.8, 4) is 0 Å². The molecule has 0 aromatic heterocycles. The predicted octanol–water partition coefficient (Wildman–Crippen LogP) is 0.719. The summed E-state index contributed by atoms with van der Waals surface area (Å²) in [7, 11) is 0. The molecule has 0 saturated carbocycles. The Bertz CT molecular complexity index is 108. The van der Waals surface area contributed by atoms with Gasteiger partial charge in [-0.25, -0.2) is 0 Å². The van der Waals surface area contributed by atoms with Crippen LogP contribution in [0.3, 0.4) is 0 Å². The molecule has 10 heavy (non-hydrogen) atoms. The van der Waals surface area contributed by atoms with Crippen LogP contribution < -0.4 is 0 Å². The minimum Gasteiger partial charge on any atom is -0.396 e. The molecule has 58 valence electrons. The first kappa shape index (κ1) is 9.40. The molecule has 0 radical (unpaired) electrons. The van der Waals surface area contributed by atoms with Crippen LogP contribution in [0.1, 0.15) is 6.42 Å². The van der Waals surface area contributed by atoms with Crippen LogP contribution in [0.2, 0.25) is 0 Å². The van der Waals surface area contributed by atoms with Crippen LogP contribution in [0.15, 0.2) is 24.8 Å². The summed E-state index contributed by atoms with van der Waals surface area (Å²) in [5, 5.41) is 17.0. The highest BCUT2D eigenvalue weighted by Gasteiger charge is 1.96. The molecule has 0 amide bonds. The average molecular weight is 142 g/mol. The number of hydrogen-bond acceptors (Lipinski definition) is 2. The van der Waals surface area contributed by atoms with Gasteiger partial charge in [0.25, 0.3) is 0 Å². The molecular weight excluding hydrogens is 128 g/mol. The van der Waals surface area contributed by atoms with E-state index in [1.165, 1.54) is 0 Å². The second-order valence-corrected chi connectivity index (χ2v) is 2.07. The molecule has 0 saturated heterocycles. The van der Waals surface area contributed by atoms with Gasteiger partial charge in [-0.2, -0.15) is 0 Å². The molecule has 0 fully saturated rings. The lowest BCUT2D eigenvalue weighted by Gasteiger charge is -2.02. The van der Waals surface area contributed by atoms with E-state index in [1.807, 2.05) is 6.08 Å². The van der Waals surface area contributed by atoms with Crippen LogP contribution in [-0.4, -0.2) is 23.4 Å². The summed E-state index contributed by atoms with van der Waals surface area (Å²) in [5.74, 6) is 0.128. The van der Waals surface area contributed by atoms with Crippen LogP contribution >= 0.6 is 0 Å². The molecule has 0 aromatic carbocycles. The van der Waals surface area contributed by atoms with Crippen LogP contribution in [0.4, 0.5) is 0 Å². The summed E-state index contributed by atoms with van der Waals surface area (Å²) in [5.41, 5.74) is 0. The average Bonchev–Trinajstić information content (AvgIpc) is 1.99. The zero-order valence-electron chi connectivity index (χ0n) is 6.03. The highest BCUT2D eigenvalue weighted by molar-refractivity contribution is 4.89. The minimum absolute atomic E-state index is 0.0648. The van der Waals surface area contributed by atoms with Crippen molar-refractivity contribution in [2.45, 2.75) is 6.42 Å². The minimum atomic E-state index is 0.0648. The Morgan fingerprint density at radius 3 is 2.40 bits per heavy atom. The summed E-state index contributed by atoms with van der Waals surface area (Å²) in [6.07, 6.45) is 5.96. The summed E-state index contributed by atoms with van der Waals surface area (Å²) in [6.45, 7) is 3.74. The Morgan fingerprint density at radius 1 is 1.30 bits per heavy atom. The second kappa shape index (κ2) is 6.52. The third kappa shape index (κ3) is 4.30. The molecule has 0 bridgehead atoms. The van der Waals surface area contributed by atoms with Crippen molar-refractivity contribution in [3.63, 3.8) is 0 Å². The quantitative estimate of drug-likeness (QED) is 0.555. The Morgan fingerprint density at radius 2 is 2.00 bits per heavy atom. The maximum Gasteiger partial charge on any atom is 0.0612 e. The van der Waals surface area contributed by atoms with Crippen molar-refractivity contribution in [3.05, 3.63) is 24.8 Å². The normalized spacial score (nSPS) is 13.8. The molecule has 2 N–H and O–H groups in total. The summed E-state index contributed by atoms with van der Waals surface area (Å²) in [6, 6.07) is 0. The van der Waals surface area contributed by atoms with Gasteiger partial charge in [0, 0.05) is 12.5 Å². The fraction of sp³-hybridized carbons (Fsp3) is 0.500. The van der Waals surface area contributed by atoms with E-state index in [1.54, 1.807) is 12.2 Å². The molecule has 0 heterocycles. The molecule has 0 rings (SSSR count). The zero-order chi connectivity index (χ0) is 7.82. The molecule has 0 aliphatic rings. The smallest absolute Gasteiger partial charge is 0.0612 e. The van der Waals surface area contributed by atoms with Crippen molar-refractivity contribution in [2.75, 3.05) is 13.2 Å². The number of aliphatic hydroxyl groups is 2. The van der Waals surface area contributed by atoms with Crippen molar-refractivity contribution < 1.29 is 10.2 Å². The van der Waals surface area contributed by atoms with E-state index >= 15 is 0 Å². The molecule has 0 aliphatic carbocycles. The topological polar surface area (TPSA) is 40.5 Å². The van der Waals surface area contributed by atoms with Gasteiger partial charge >= 0.3 is 0 Å². The predicted molar refractivity (Wildman–Crippen MR) is 41.6 cm³/mol. The van der Waals surface area contributed by atoms with Gasteiger partial charge in [-0.05, 0) is 6.42 Å². The van der Waals surface area contributed by atoms with E-state index in [0.29, 0.717) is 0 Å². The third-order valence-corrected chi connectivity index (χ3v) is 1.28. The van der Waals surface area contributed by atoms with Gasteiger partial charge in [0.1, 0.15) is 0 Å². The lowest BCUT2D eigenvalue weighted by Crippen LogP contribution is -1.99. The Hall–Kier alpha value is -0.600. The van der Waals surface area contributed by atoms with Crippen molar-refractivity contribution in [1.82, 2.24) is 0 Å². The number of allylic oxidation sites excluding steroid dienone is 1. The maximum atomic E-state index is 8.66. The second-order valence-electron chi connectivity index (χ2n) is 2.07. The Balaban J connectivity index is 3.43. The highest BCUT2D eigenvalue weighted by atomic mass is 16.3. The fourth-order valence-electron chi connectivity index (χ4n) is 0.591. The molecule has 1 unspecified atom stereocenters. The first-order valence-electron chi connectivity index (χ1n) is 3.34. The Labute approximate surface area is 61.5 Å². The first-order valence-corrected chi connectivity index (χ1v) is 3.34. The molecule has 2 heteroatoms. The first-order chi connectivity index (χ1) is 4.85. The van der Waals surface area contributed by atoms with Gasteiger partial charge in [-0.3, -0.25) is 0 Å². The van der Waals surface area contributed by atoms with E-state index in [-0.39, 0.29) is 19.1 Å². The van der Waals surface area contributed by atoms with Crippen molar-refractivity contribution in [2.24, 2.45) is 5.92 Å². The van der Waals surface area contributed by atoms with Gasteiger partial charge in [0.15, 0.2) is 0 Å². The van der Waals surface area contributed by atoms with E-state index in [2.05, 4.69) is 6.58 Å².